The number of amides is 1. The van der Waals surface area contributed by atoms with E-state index in [1.807, 2.05) is 33.1 Å². The van der Waals surface area contributed by atoms with Crippen LogP contribution in [-0.4, -0.2) is 41.5 Å². The van der Waals surface area contributed by atoms with Gasteiger partial charge in [0.15, 0.2) is 5.16 Å². The summed E-state index contributed by atoms with van der Waals surface area (Å²) in [4.78, 5) is 26.2. The molecule has 32 heavy (non-hydrogen) atoms. The summed E-state index contributed by atoms with van der Waals surface area (Å²) >= 11 is 1.39. The van der Waals surface area contributed by atoms with Crippen molar-refractivity contribution in [2.24, 2.45) is 0 Å². The van der Waals surface area contributed by atoms with Gasteiger partial charge in [-0.15, -0.1) is 0 Å². The number of halogens is 1. The van der Waals surface area contributed by atoms with Gasteiger partial charge in [-0.2, -0.15) is 9.78 Å². The molecular formula is C22H22FN7OS. The van der Waals surface area contributed by atoms with Gasteiger partial charge in [0.1, 0.15) is 17.3 Å². The van der Waals surface area contributed by atoms with Gasteiger partial charge in [-0.3, -0.25) is 9.36 Å². The minimum Gasteiger partial charge on any atom is -0.305 e. The number of rotatable bonds is 5. The van der Waals surface area contributed by atoms with Gasteiger partial charge in [-0.25, -0.2) is 19.3 Å². The first kappa shape index (κ1) is 21.7. The van der Waals surface area contributed by atoms with Gasteiger partial charge in [-0.05, 0) is 36.6 Å². The van der Waals surface area contributed by atoms with Crippen LogP contribution >= 0.6 is 11.8 Å². The molecule has 0 aliphatic heterocycles. The molecular weight excluding hydrogens is 429 g/mol. The molecule has 3 aromatic heterocycles. The smallest absolute Gasteiger partial charge is 0.275 e. The van der Waals surface area contributed by atoms with Crippen LogP contribution in [0.5, 0.6) is 0 Å². The third-order valence-electron chi connectivity index (χ3n) is 4.69. The summed E-state index contributed by atoms with van der Waals surface area (Å²) in [5.74, 6) is 0.0329. The summed E-state index contributed by atoms with van der Waals surface area (Å²) in [5.41, 5.74) is 1.47. The van der Waals surface area contributed by atoms with Crippen molar-refractivity contribution in [3.63, 3.8) is 0 Å². The third-order valence-corrected chi connectivity index (χ3v) is 5.34. The number of benzene rings is 1. The average molecular weight is 452 g/mol. The summed E-state index contributed by atoms with van der Waals surface area (Å²) in [6.07, 6.45) is 6.58. The van der Waals surface area contributed by atoms with E-state index in [0.717, 1.165) is 5.69 Å². The number of hydrogen-bond acceptors (Lipinski definition) is 6. The molecule has 4 aromatic rings. The highest BCUT2D eigenvalue weighted by Gasteiger charge is 2.24. The second-order valence-electron chi connectivity index (χ2n) is 8.02. The number of imidazole rings is 1. The Hall–Kier alpha value is -3.53. The van der Waals surface area contributed by atoms with E-state index < -0.39 is 0 Å². The Morgan fingerprint density at radius 3 is 2.41 bits per heavy atom. The van der Waals surface area contributed by atoms with E-state index >= 15 is 0 Å². The van der Waals surface area contributed by atoms with Gasteiger partial charge in [0, 0.05) is 29.6 Å². The molecule has 0 aliphatic carbocycles. The predicted octanol–water partition coefficient (Wildman–Crippen LogP) is 4.26. The third kappa shape index (κ3) is 4.26. The maximum Gasteiger partial charge on any atom is 0.275 e. The molecule has 0 radical (unpaired) electrons. The fraction of sp³-hybridized carbons (Fsp3) is 0.227. The molecule has 8 nitrogen and oxygen atoms in total. The van der Waals surface area contributed by atoms with E-state index in [9.17, 15) is 9.18 Å². The predicted molar refractivity (Wildman–Crippen MR) is 121 cm³/mol. The molecule has 0 fully saturated rings. The quantitative estimate of drug-likeness (QED) is 0.456. The summed E-state index contributed by atoms with van der Waals surface area (Å²) < 4.78 is 16.6. The van der Waals surface area contributed by atoms with Crippen LogP contribution in [0.25, 0.3) is 11.6 Å². The first-order valence-electron chi connectivity index (χ1n) is 9.85. The van der Waals surface area contributed by atoms with Gasteiger partial charge in [-0.1, -0.05) is 32.5 Å². The number of aromatic nitrogens is 6. The molecule has 4 rings (SSSR count). The molecule has 164 valence electrons. The highest BCUT2D eigenvalue weighted by Crippen LogP contribution is 2.27. The number of anilines is 1. The fourth-order valence-electron chi connectivity index (χ4n) is 3.05. The molecule has 1 amide bonds. The number of hydrogen-bond donors (Lipinski definition) is 1. The monoisotopic (exact) mass is 451 g/mol. The molecule has 0 spiro atoms. The van der Waals surface area contributed by atoms with Crippen LogP contribution in [0.4, 0.5) is 10.2 Å². The van der Waals surface area contributed by atoms with Crippen molar-refractivity contribution in [3.8, 4) is 11.6 Å². The van der Waals surface area contributed by atoms with Crippen LogP contribution in [0.3, 0.4) is 0 Å². The Bertz CT molecular complexity index is 1240. The van der Waals surface area contributed by atoms with Crippen molar-refractivity contribution >= 4 is 23.5 Å². The molecule has 1 aromatic carbocycles. The van der Waals surface area contributed by atoms with Gasteiger partial charge in [0.2, 0.25) is 0 Å². The summed E-state index contributed by atoms with van der Waals surface area (Å²) in [6.45, 7) is 6.10. The lowest BCUT2D eigenvalue weighted by Gasteiger charge is -2.13. The van der Waals surface area contributed by atoms with Crippen LogP contribution < -0.4 is 5.32 Å². The van der Waals surface area contributed by atoms with E-state index in [0.29, 0.717) is 28.3 Å². The Kier molecular flexibility index (Phi) is 5.79. The Labute approximate surface area is 188 Å². The van der Waals surface area contributed by atoms with E-state index in [1.165, 1.54) is 34.8 Å². The highest BCUT2D eigenvalue weighted by atomic mass is 32.2. The van der Waals surface area contributed by atoms with Crippen LogP contribution in [0.1, 0.15) is 37.0 Å². The summed E-state index contributed by atoms with van der Waals surface area (Å²) in [6, 6.07) is 9.42. The second kappa shape index (κ2) is 8.54. The average Bonchev–Trinajstić information content (AvgIpc) is 3.39. The molecule has 10 heteroatoms. The number of carbonyl (C=O) groups is 1. The molecule has 0 bridgehead atoms. The van der Waals surface area contributed by atoms with Crippen LogP contribution in [0, 0.1) is 5.82 Å². The minimum atomic E-state index is -0.389. The van der Waals surface area contributed by atoms with Crippen molar-refractivity contribution < 1.29 is 9.18 Å². The number of thioether (sulfide) groups is 1. The van der Waals surface area contributed by atoms with E-state index in [4.69, 9.17) is 0 Å². The molecule has 0 saturated heterocycles. The maximum absolute atomic E-state index is 13.4. The standard InChI is InChI=1S/C22H22FN7OS/c1-22(2,3)17-12-18(30(28-17)20-24-10-5-11-25-20)27-19(31)16-13-26-21(32-4)29(16)15-8-6-14(23)7-9-15/h5-13H,1-4H3,(H,27,31). The zero-order valence-electron chi connectivity index (χ0n) is 18.1. The van der Waals surface area contributed by atoms with Crippen LogP contribution in [0.15, 0.2) is 60.1 Å². The first-order valence-corrected chi connectivity index (χ1v) is 11.1. The lowest BCUT2D eigenvalue weighted by atomic mass is 9.92. The summed E-state index contributed by atoms with van der Waals surface area (Å²) in [7, 11) is 0. The lowest BCUT2D eigenvalue weighted by molar-refractivity contribution is 0.101. The maximum atomic E-state index is 13.4. The Balaban J connectivity index is 1.75. The van der Waals surface area contributed by atoms with E-state index in [1.54, 1.807) is 35.2 Å². The fourth-order valence-corrected chi connectivity index (χ4v) is 3.59. The van der Waals surface area contributed by atoms with E-state index in [2.05, 4.69) is 25.4 Å². The van der Waals surface area contributed by atoms with Crippen molar-refractivity contribution in [2.75, 3.05) is 11.6 Å². The Morgan fingerprint density at radius 2 is 1.78 bits per heavy atom. The SMILES string of the molecule is CSc1ncc(C(=O)Nc2cc(C(C)(C)C)nn2-c2ncccn2)n1-c1ccc(F)cc1. The van der Waals surface area contributed by atoms with Crippen LogP contribution in [-0.2, 0) is 5.41 Å². The van der Waals surface area contributed by atoms with E-state index in [-0.39, 0.29) is 17.1 Å². The number of nitrogens with one attached hydrogen (secondary N) is 1. The van der Waals surface area contributed by atoms with Gasteiger partial charge < -0.3 is 5.32 Å². The molecule has 3 heterocycles. The zero-order chi connectivity index (χ0) is 22.9. The number of nitrogens with zero attached hydrogens (tertiary/aromatic N) is 6. The van der Waals surface area contributed by atoms with Gasteiger partial charge in [0.25, 0.3) is 11.9 Å². The Morgan fingerprint density at radius 1 is 1.09 bits per heavy atom. The largest absolute Gasteiger partial charge is 0.305 e. The highest BCUT2D eigenvalue weighted by molar-refractivity contribution is 7.98. The topological polar surface area (TPSA) is 90.5 Å². The molecule has 0 atom stereocenters. The van der Waals surface area contributed by atoms with Crippen molar-refractivity contribution in [2.45, 2.75) is 31.3 Å². The van der Waals surface area contributed by atoms with Crippen molar-refractivity contribution in [3.05, 3.63) is 72.2 Å². The van der Waals surface area contributed by atoms with Crippen molar-refractivity contribution in [1.82, 2.24) is 29.3 Å². The second-order valence-corrected chi connectivity index (χ2v) is 8.79. The molecule has 1 N–H and O–H groups in total. The molecule has 0 aliphatic rings. The molecule has 0 unspecified atom stereocenters. The number of carbonyl (C=O) groups excluding carboxylic acids is 1. The van der Waals surface area contributed by atoms with Crippen LogP contribution in [0.2, 0.25) is 0 Å². The first-order chi connectivity index (χ1) is 15.3. The zero-order valence-corrected chi connectivity index (χ0v) is 18.9. The van der Waals surface area contributed by atoms with Crippen molar-refractivity contribution in [1.29, 1.82) is 0 Å². The lowest BCUT2D eigenvalue weighted by Crippen LogP contribution is -2.19. The van der Waals surface area contributed by atoms with Gasteiger partial charge in [0.05, 0.1) is 11.9 Å². The summed E-state index contributed by atoms with van der Waals surface area (Å²) in [5, 5.41) is 8.14. The molecule has 0 saturated carbocycles. The minimum absolute atomic E-state index is 0.249. The van der Waals surface area contributed by atoms with Gasteiger partial charge >= 0.3 is 0 Å². The normalized spacial score (nSPS) is 11.5.